The van der Waals surface area contributed by atoms with Gasteiger partial charge >= 0.3 is 0 Å². The first-order valence-corrected chi connectivity index (χ1v) is 3.57. The van der Waals surface area contributed by atoms with Crippen molar-refractivity contribution in [3.8, 4) is 6.07 Å². The SMILES string of the molecule is N#Cc1ccc([C@H](O)CO)cc1. The van der Waals surface area contributed by atoms with Crippen LogP contribution in [0.25, 0.3) is 0 Å². The highest BCUT2D eigenvalue weighted by molar-refractivity contribution is 5.32. The summed E-state index contributed by atoms with van der Waals surface area (Å²) in [7, 11) is 0. The van der Waals surface area contributed by atoms with Crippen molar-refractivity contribution in [3.63, 3.8) is 0 Å². The molecule has 0 amide bonds. The summed E-state index contributed by atoms with van der Waals surface area (Å²) < 4.78 is 0. The van der Waals surface area contributed by atoms with E-state index in [4.69, 9.17) is 15.5 Å². The Labute approximate surface area is 70.5 Å². The number of rotatable bonds is 2. The van der Waals surface area contributed by atoms with Crippen molar-refractivity contribution in [2.24, 2.45) is 0 Å². The van der Waals surface area contributed by atoms with Crippen molar-refractivity contribution in [2.45, 2.75) is 6.10 Å². The normalized spacial score (nSPS) is 12.1. The molecule has 0 aliphatic heterocycles. The highest BCUT2D eigenvalue weighted by atomic mass is 16.3. The van der Waals surface area contributed by atoms with Gasteiger partial charge in [-0.05, 0) is 17.7 Å². The van der Waals surface area contributed by atoms with Crippen LogP contribution in [0.1, 0.15) is 17.2 Å². The van der Waals surface area contributed by atoms with E-state index < -0.39 is 6.10 Å². The molecule has 0 heterocycles. The van der Waals surface area contributed by atoms with Crippen LogP contribution in [0.15, 0.2) is 24.3 Å². The minimum absolute atomic E-state index is 0.300. The van der Waals surface area contributed by atoms with Gasteiger partial charge < -0.3 is 10.2 Å². The number of benzene rings is 1. The fourth-order valence-corrected chi connectivity index (χ4v) is 0.885. The van der Waals surface area contributed by atoms with E-state index in [1.165, 1.54) is 0 Å². The fourth-order valence-electron chi connectivity index (χ4n) is 0.885. The molecule has 0 saturated heterocycles. The molecule has 0 saturated carbocycles. The standard InChI is InChI=1S/C9H9NO2/c10-5-7-1-3-8(4-2-7)9(12)6-11/h1-4,9,11-12H,6H2/t9-/m1/s1. The van der Waals surface area contributed by atoms with Gasteiger partial charge in [-0.25, -0.2) is 0 Å². The first-order chi connectivity index (χ1) is 5.77. The van der Waals surface area contributed by atoms with Gasteiger partial charge in [0.15, 0.2) is 0 Å². The Kier molecular flexibility index (Phi) is 2.81. The molecular weight excluding hydrogens is 154 g/mol. The van der Waals surface area contributed by atoms with Crippen molar-refractivity contribution in [3.05, 3.63) is 35.4 Å². The second-order valence-electron chi connectivity index (χ2n) is 2.43. The summed E-state index contributed by atoms with van der Waals surface area (Å²) >= 11 is 0. The lowest BCUT2D eigenvalue weighted by Gasteiger charge is -2.05. The Hall–Kier alpha value is -1.37. The van der Waals surface area contributed by atoms with E-state index in [9.17, 15) is 0 Å². The van der Waals surface area contributed by atoms with Gasteiger partial charge in [-0.1, -0.05) is 12.1 Å². The largest absolute Gasteiger partial charge is 0.393 e. The van der Waals surface area contributed by atoms with E-state index in [1.807, 2.05) is 6.07 Å². The highest BCUT2D eigenvalue weighted by Crippen LogP contribution is 2.12. The zero-order valence-electron chi connectivity index (χ0n) is 6.44. The minimum atomic E-state index is -0.849. The molecule has 0 fully saturated rings. The average molecular weight is 163 g/mol. The molecule has 0 spiro atoms. The van der Waals surface area contributed by atoms with Crippen LogP contribution < -0.4 is 0 Å². The predicted molar refractivity (Wildman–Crippen MR) is 43.2 cm³/mol. The van der Waals surface area contributed by atoms with Gasteiger partial charge in [-0.3, -0.25) is 0 Å². The number of hydrogen-bond acceptors (Lipinski definition) is 3. The maximum atomic E-state index is 9.16. The summed E-state index contributed by atoms with van der Waals surface area (Å²) in [5, 5.41) is 26.2. The molecule has 0 aliphatic carbocycles. The van der Waals surface area contributed by atoms with E-state index in [1.54, 1.807) is 24.3 Å². The van der Waals surface area contributed by atoms with E-state index in [0.717, 1.165) is 0 Å². The van der Waals surface area contributed by atoms with Crippen molar-refractivity contribution < 1.29 is 10.2 Å². The van der Waals surface area contributed by atoms with Crippen LogP contribution in [0.2, 0.25) is 0 Å². The first kappa shape index (κ1) is 8.72. The summed E-state index contributed by atoms with van der Waals surface area (Å²) in [5.41, 5.74) is 1.17. The average Bonchev–Trinajstić information content (AvgIpc) is 2.17. The lowest BCUT2D eigenvalue weighted by molar-refractivity contribution is 0.0956. The molecule has 1 rings (SSSR count). The zero-order chi connectivity index (χ0) is 8.97. The van der Waals surface area contributed by atoms with Crippen LogP contribution in [-0.2, 0) is 0 Å². The molecule has 1 atom stereocenters. The van der Waals surface area contributed by atoms with E-state index >= 15 is 0 Å². The molecule has 0 unspecified atom stereocenters. The van der Waals surface area contributed by atoms with E-state index in [0.29, 0.717) is 11.1 Å². The lowest BCUT2D eigenvalue weighted by Crippen LogP contribution is -2.01. The number of nitrogens with zero attached hydrogens (tertiary/aromatic N) is 1. The van der Waals surface area contributed by atoms with Crippen molar-refractivity contribution >= 4 is 0 Å². The van der Waals surface area contributed by atoms with Crippen LogP contribution in [0.3, 0.4) is 0 Å². The van der Waals surface area contributed by atoms with Gasteiger partial charge in [0.2, 0.25) is 0 Å². The monoisotopic (exact) mass is 163 g/mol. The van der Waals surface area contributed by atoms with E-state index in [-0.39, 0.29) is 6.61 Å². The third-order valence-electron chi connectivity index (χ3n) is 1.60. The predicted octanol–water partition coefficient (Wildman–Crippen LogP) is 0.584. The van der Waals surface area contributed by atoms with Gasteiger partial charge in [0.05, 0.1) is 18.2 Å². The topological polar surface area (TPSA) is 64.2 Å². The van der Waals surface area contributed by atoms with Gasteiger partial charge in [0, 0.05) is 0 Å². The van der Waals surface area contributed by atoms with Crippen molar-refractivity contribution in [1.29, 1.82) is 5.26 Å². The molecule has 2 N–H and O–H groups in total. The van der Waals surface area contributed by atoms with Crippen LogP contribution in [0, 0.1) is 11.3 Å². The maximum Gasteiger partial charge on any atom is 0.102 e. The van der Waals surface area contributed by atoms with Gasteiger partial charge in [0.1, 0.15) is 6.10 Å². The molecule has 0 aromatic heterocycles. The molecule has 0 aliphatic rings. The van der Waals surface area contributed by atoms with Crippen LogP contribution in [0.4, 0.5) is 0 Å². The van der Waals surface area contributed by atoms with Crippen LogP contribution in [0.5, 0.6) is 0 Å². The van der Waals surface area contributed by atoms with Gasteiger partial charge in [0.25, 0.3) is 0 Å². The quantitative estimate of drug-likeness (QED) is 0.670. The number of aliphatic hydroxyl groups excluding tert-OH is 2. The van der Waals surface area contributed by atoms with Crippen molar-refractivity contribution in [1.82, 2.24) is 0 Å². The summed E-state index contributed by atoms with van der Waals surface area (Å²) in [6.45, 7) is -0.300. The third-order valence-corrected chi connectivity index (χ3v) is 1.60. The maximum absolute atomic E-state index is 9.16. The molecule has 0 radical (unpaired) electrons. The molecular formula is C9H9NO2. The Bertz CT molecular complexity index is 286. The highest BCUT2D eigenvalue weighted by Gasteiger charge is 2.04. The van der Waals surface area contributed by atoms with Gasteiger partial charge in [-0.2, -0.15) is 5.26 Å². The smallest absolute Gasteiger partial charge is 0.102 e. The van der Waals surface area contributed by atoms with Crippen molar-refractivity contribution in [2.75, 3.05) is 6.61 Å². The Morgan fingerprint density at radius 1 is 1.33 bits per heavy atom. The molecule has 0 bridgehead atoms. The summed E-state index contributed by atoms with van der Waals surface area (Å²) in [6, 6.07) is 8.43. The summed E-state index contributed by atoms with van der Waals surface area (Å²) in [5.74, 6) is 0. The number of aliphatic hydroxyl groups is 2. The third kappa shape index (κ3) is 1.82. The minimum Gasteiger partial charge on any atom is -0.393 e. The summed E-state index contributed by atoms with van der Waals surface area (Å²) in [6.07, 6.45) is -0.849. The number of nitriles is 1. The Morgan fingerprint density at radius 2 is 1.92 bits per heavy atom. The van der Waals surface area contributed by atoms with E-state index in [2.05, 4.69) is 0 Å². The Morgan fingerprint density at radius 3 is 2.33 bits per heavy atom. The molecule has 1 aromatic rings. The molecule has 62 valence electrons. The molecule has 3 nitrogen and oxygen atoms in total. The Balaban J connectivity index is 2.86. The first-order valence-electron chi connectivity index (χ1n) is 3.57. The number of hydrogen-bond donors (Lipinski definition) is 2. The second kappa shape index (κ2) is 3.86. The molecule has 12 heavy (non-hydrogen) atoms. The molecule has 3 heteroatoms. The fraction of sp³-hybridized carbons (Fsp3) is 0.222. The zero-order valence-corrected chi connectivity index (χ0v) is 6.44. The molecule has 1 aromatic carbocycles. The van der Waals surface area contributed by atoms with Gasteiger partial charge in [-0.15, -0.1) is 0 Å². The van der Waals surface area contributed by atoms with Crippen LogP contribution in [-0.4, -0.2) is 16.8 Å². The van der Waals surface area contributed by atoms with Crippen LogP contribution >= 0.6 is 0 Å². The summed E-state index contributed by atoms with van der Waals surface area (Å²) in [4.78, 5) is 0. The second-order valence-corrected chi connectivity index (χ2v) is 2.43. The lowest BCUT2D eigenvalue weighted by atomic mass is 10.1.